The zero-order chi connectivity index (χ0) is 8.43. The molecule has 4 heteroatoms. The van der Waals surface area contributed by atoms with Gasteiger partial charge in [0.1, 0.15) is 18.5 Å². The molecule has 1 rings (SSSR count). The number of methoxy groups -OCH3 is 1. The van der Waals surface area contributed by atoms with Crippen molar-refractivity contribution in [2.45, 2.75) is 25.4 Å². The van der Waals surface area contributed by atoms with Crippen LogP contribution in [0.3, 0.4) is 0 Å². The van der Waals surface area contributed by atoms with Crippen LogP contribution in [-0.4, -0.2) is 37.0 Å². The first-order chi connectivity index (χ1) is 5.20. The van der Waals surface area contributed by atoms with Crippen LogP contribution in [0, 0.1) is 5.92 Å². The Balaban J connectivity index is 2.60. The molecule has 4 nitrogen and oxygen atoms in total. The van der Waals surface area contributed by atoms with Crippen molar-refractivity contribution in [3.05, 3.63) is 0 Å². The summed E-state index contributed by atoms with van der Waals surface area (Å²) in [6, 6.07) is 0. The van der Waals surface area contributed by atoms with Gasteiger partial charge in [-0.3, -0.25) is 0 Å². The van der Waals surface area contributed by atoms with Crippen molar-refractivity contribution in [2.24, 2.45) is 5.92 Å². The van der Waals surface area contributed by atoms with E-state index < -0.39 is 18.5 Å². The van der Waals surface area contributed by atoms with Crippen LogP contribution in [-0.2, 0) is 14.3 Å². The summed E-state index contributed by atoms with van der Waals surface area (Å²) >= 11 is 0. The van der Waals surface area contributed by atoms with E-state index in [2.05, 4.69) is 0 Å². The molecule has 1 aliphatic rings. The van der Waals surface area contributed by atoms with Gasteiger partial charge in [0.2, 0.25) is 0 Å². The number of aliphatic hydroxyl groups is 1. The number of hydrogen-bond acceptors (Lipinski definition) is 4. The maximum atomic E-state index is 10.3. The third-order valence-corrected chi connectivity index (χ3v) is 1.99. The molecule has 0 aromatic carbocycles. The fraction of sp³-hybridized carbons (Fsp3) is 0.857. The van der Waals surface area contributed by atoms with Crippen LogP contribution in [0.1, 0.15) is 6.92 Å². The lowest BCUT2D eigenvalue weighted by molar-refractivity contribution is -0.153. The van der Waals surface area contributed by atoms with Crippen molar-refractivity contribution in [2.75, 3.05) is 7.11 Å². The molecule has 0 radical (unpaired) electrons. The molecule has 0 spiro atoms. The molecule has 0 bridgehead atoms. The molecule has 4 atom stereocenters. The maximum absolute atomic E-state index is 10.3. The summed E-state index contributed by atoms with van der Waals surface area (Å²) in [7, 11) is 1.44. The number of ether oxygens (including phenoxy) is 2. The first-order valence-electron chi connectivity index (χ1n) is 3.52. The fourth-order valence-corrected chi connectivity index (χ4v) is 1.15. The van der Waals surface area contributed by atoms with Crippen LogP contribution < -0.4 is 0 Å². The number of hydrogen-bond donors (Lipinski definition) is 1. The van der Waals surface area contributed by atoms with Crippen molar-refractivity contribution < 1.29 is 19.4 Å². The van der Waals surface area contributed by atoms with Crippen molar-refractivity contribution in [1.82, 2.24) is 0 Å². The van der Waals surface area contributed by atoms with Gasteiger partial charge in [0.25, 0.3) is 0 Å². The number of aldehydes is 1. The van der Waals surface area contributed by atoms with E-state index in [-0.39, 0.29) is 5.92 Å². The van der Waals surface area contributed by atoms with Gasteiger partial charge in [-0.2, -0.15) is 0 Å². The highest BCUT2D eigenvalue weighted by Gasteiger charge is 2.40. The molecule has 0 aliphatic carbocycles. The zero-order valence-corrected chi connectivity index (χ0v) is 6.56. The number of carbonyl (C=O) groups excluding carboxylic acids is 1. The average Bonchev–Trinajstić information content (AvgIpc) is 2.30. The molecule has 1 N–H and O–H groups in total. The molecule has 0 aromatic rings. The van der Waals surface area contributed by atoms with Gasteiger partial charge in [-0.25, -0.2) is 0 Å². The van der Waals surface area contributed by atoms with E-state index in [9.17, 15) is 9.90 Å². The molecule has 0 aromatic heterocycles. The molecular formula is C7H12O4. The normalized spacial score (nSPS) is 44.3. The maximum Gasteiger partial charge on any atom is 0.184 e. The minimum Gasteiger partial charge on any atom is -0.387 e. The number of aliphatic hydroxyl groups excluding tert-OH is 1. The van der Waals surface area contributed by atoms with Gasteiger partial charge in [-0.05, 0) is 0 Å². The van der Waals surface area contributed by atoms with Gasteiger partial charge < -0.3 is 19.4 Å². The summed E-state index contributed by atoms with van der Waals surface area (Å²) in [5.41, 5.74) is 0. The van der Waals surface area contributed by atoms with Gasteiger partial charge in [0.05, 0.1) is 0 Å². The van der Waals surface area contributed by atoms with Crippen molar-refractivity contribution in [3.63, 3.8) is 0 Å². The van der Waals surface area contributed by atoms with Crippen LogP contribution in [0.5, 0.6) is 0 Å². The lowest BCUT2D eigenvalue weighted by Gasteiger charge is -2.11. The Morgan fingerprint density at radius 1 is 1.64 bits per heavy atom. The minimum atomic E-state index is -0.699. The SMILES string of the molecule is CO[C@H]1O[C@H](C=O)[C@@H](C)[C@H]1O. The highest BCUT2D eigenvalue weighted by molar-refractivity contribution is 5.57. The Kier molecular flexibility index (Phi) is 2.59. The Hall–Kier alpha value is -0.450. The van der Waals surface area contributed by atoms with Crippen LogP contribution in [0.25, 0.3) is 0 Å². The minimum absolute atomic E-state index is 0.183. The van der Waals surface area contributed by atoms with E-state index in [1.807, 2.05) is 0 Å². The average molecular weight is 160 g/mol. The van der Waals surface area contributed by atoms with E-state index in [0.29, 0.717) is 6.29 Å². The fourth-order valence-electron chi connectivity index (χ4n) is 1.15. The van der Waals surface area contributed by atoms with Gasteiger partial charge in [0.15, 0.2) is 6.29 Å². The summed E-state index contributed by atoms with van der Waals surface area (Å²) in [4.78, 5) is 10.3. The standard InChI is InChI=1S/C7H12O4/c1-4-5(3-8)11-7(10-2)6(4)9/h3-7,9H,1-2H3/t4-,5-,6-,7+/m1/s1. The third kappa shape index (κ3) is 1.42. The lowest BCUT2D eigenvalue weighted by Crippen LogP contribution is -2.26. The second kappa shape index (κ2) is 3.30. The third-order valence-electron chi connectivity index (χ3n) is 1.99. The van der Waals surface area contributed by atoms with Crippen molar-refractivity contribution >= 4 is 6.29 Å². The highest BCUT2D eigenvalue weighted by atomic mass is 16.7. The molecule has 1 heterocycles. The molecule has 11 heavy (non-hydrogen) atoms. The predicted octanol–water partition coefficient (Wildman–Crippen LogP) is -0.446. The molecule has 1 aliphatic heterocycles. The lowest BCUT2D eigenvalue weighted by atomic mass is 10.0. The Bertz CT molecular complexity index is 147. The largest absolute Gasteiger partial charge is 0.387 e. The molecule has 0 unspecified atom stereocenters. The molecule has 1 fully saturated rings. The monoisotopic (exact) mass is 160 g/mol. The van der Waals surface area contributed by atoms with Gasteiger partial charge in [0, 0.05) is 13.0 Å². The Morgan fingerprint density at radius 3 is 2.55 bits per heavy atom. The molecular weight excluding hydrogens is 148 g/mol. The van der Waals surface area contributed by atoms with E-state index in [1.165, 1.54) is 7.11 Å². The topological polar surface area (TPSA) is 55.8 Å². The Labute approximate surface area is 65.1 Å². The summed E-state index contributed by atoms with van der Waals surface area (Å²) in [5, 5.41) is 9.35. The van der Waals surface area contributed by atoms with Crippen molar-refractivity contribution in [3.8, 4) is 0 Å². The number of carbonyl (C=O) groups is 1. The van der Waals surface area contributed by atoms with E-state index >= 15 is 0 Å². The summed E-state index contributed by atoms with van der Waals surface area (Å²) in [6.07, 6.45) is -1.20. The van der Waals surface area contributed by atoms with Crippen molar-refractivity contribution in [1.29, 1.82) is 0 Å². The molecule has 0 saturated carbocycles. The summed E-state index contributed by atoms with van der Waals surface area (Å²) in [6.45, 7) is 1.75. The van der Waals surface area contributed by atoms with E-state index in [4.69, 9.17) is 9.47 Å². The second-order valence-electron chi connectivity index (χ2n) is 2.69. The van der Waals surface area contributed by atoms with Crippen LogP contribution >= 0.6 is 0 Å². The van der Waals surface area contributed by atoms with Crippen LogP contribution in [0.4, 0.5) is 0 Å². The summed E-state index contributed by atoms with van der Waals surface area (Å²) in [5.74, 6) is -0.183. The van der Waals surface area contributed by atoms with E-state index in [0.717, 1.165) is 0 Å². The first-order valence-corrected chi connectivity index (χ1v) is 3.52. The molecule has 64 valence electrons. The molecule has 0 amide bonds. The zero-order valence-electron chi connectivity index (χ0n) is 6.56. The number of rotatable bonds is 2. The molecule has 1 saturated heterocycles. The summed E-state index contributed by atoms with van der Waals surface area (Å²) < 4.78 is 9.84. The quantitative estimate of drug-likeness (QED) is 0.556. The van der Waals surface area contributed by atoms with E-state index in [1.54, 1.807) is 6.92 Å². The highest BCUT2D eigenvalue weighted by Crippen LogP contribution is 2.25. The Morgan fingerprint density at radius 2 is 2.27 bits per heavy atom. The van der Waals surface area contributed by atoms with Crippen LogP contribution in [0.15, 0.2) is 0 Å². The van der Waals surface area contributed by atoms with Gasteiger partial charge >= 0.3 is 0 Å². The second-order valence-corrected chi connectivity index (χ2v) is 2.69. The van der Waals surface area contributed by atoms with Gasteiger partial charge in [-0.15, -0.1) is 0 Å². The smallest absolute Gasteiger partial charge is 0.184 e. The first kappa shape index (κ1) is 8.64. The predicted molar refractivity (Wildman–Crippen MR) is 36.9 cm³/mol. The van der Waals surface area contributed by atoms with Crippen LogP contribution in [0.2, 0.25) is 0 Å². The van der Waals surface area contributed by atoms with Gasteiger partial charge in [-0.1, -0.05) is 6.92 Å².